The Balaban J connectivity index is 1.30. The number of hydrogen-bond donors (Lipinski definition) is 2. The highest BCUT2D eigenvalue weighted by Gasteiger charge is 2.14. The van der Waals surface area contributed by atoms with Crippen LogP contribution >= 0.6 is 11.6 Å². The molecule has 0 aliphatic carbocycles. The fourth-order valence-corrected chi connectivity index (χ4v) is 3.11. The molecule has 1 aromatic carbocycles. The van der Waals surface area contributed by atoms with E-state index in [1.807, 2.05) is 31.2 Å². The van der Waals surface area contributed by atoms with E-state index < -0.39 is 0 Å². The number of carbonyl (C=O) groups excluding carboxylic acids is 1. The number of pyridine rings is 1. The van der Waals surface area contributed by atoms with Gasteiger partial charge in [0.05, 0.1) is 5.69 Å². The summed E-state index contributed by atoms with van der Waals surface area (Å²) in [4.78, 5) is 20.7. The quantitative estimate of drug-likeness (QED) is 0.455. The number of hydrogen-bond acceptors (Lipinski definition) is 6. The van der Waals surface area contributed by atoms with Crippen LogP contribution in [0.3, 0.4) is 0 Å². The standard InChI is InChI=1S/C21H19ClN6O2/c1-13-19(14-9-11-23-12-10-14)26-27-20(13)24-17(29)3-2-4-18-25-21(28-30-18)15-5-7-16(22)8-6-15/h5-12H,2-4H2,1H3,(H2,24,26,27,29). The number of nitrogens with one attached hydrogen (secondary N) is 2. The second-order valence-corrected chi connectivity index (χ2v) is 7.16. The van der Waals surface area contributed by atoms with Gasteiger partial charge in [0.25, 0.3) is 0 Å². The van der Waals surface area contributed by atoms with Crippen molar-refractivity contribution in [1.29, 1.82) is 0 Å². The minimum Gasteiger partial charge on any atom is -0.339 e. The van der Waals surface area contributed by atoms with Crippen LogP contribution in [0.15, 0.2) is 53.3 Å². The Labute approximate surface area is 177 Å². The minimum atomic E-state index is -0.122. The van der Waals surface area contributed by atoms with Crippen LogP contribution in [0, 0.1) is 6.92 Å². The Kier molecular flexibility index (Phi) is 5.85. The summed E-state index contributed by atoms with van der Waals surface area (Å²) in [5, 5.41) is 14.6. The highest BCUT2D eigenvalue weighted by Crippen LogP contribution is 2.25. The van der Waals surface area contributed by atoms with Crippen molar-refractivity contribution in [1.82, 2.24) is 25.3 Å². The van der Waals surface area contributed by atoms with E-state index in [2.05, 4.69) is 30.6 Å². The summed E-state index contributed by atoms with van der Waals surface area (Å²) < 4.78 is 5.27. The maximum absolute atomic E-state index is 12.3. The number of amides is 1. The van der Waals surface area contributed by atoms with E-state index in [0.29, 0.717) is 41.8 Å². The van der Waals surface area contributed by atoms with E-state index in [1.165, 1.54) is 0 Å². The molecule has 0 fully saturated rings. The molecule has 4 rings (SSSR count). The monoisotopic (exact) mass is 422 g/mol. The van der Waals surface area contributed by atoms with Crippen molar-refractivity contribution < 1.29 is 9.32 Å². The smallest absolute Gasteiger partial charge is 0.226 e. The third-order valence-corrected chi connectivity index (χ3v) is 4.85. The average Bonchev–Trinajstić information content (AvgIpc) is 3.37. The first-order chi connectivity index (χ1) is 14.6. The molecule has 0 saturated heterocycles. The molecule has 30 heavy (non-hydrogen) atoms. The van der Waals surface area contributed by atoms with Crippen molar-refractivity contribution in [2.45, 2.75) is 26.2 Å². The average molecular weight is 423 g/mol. The summed E-state index contributed by atoms with van der Waals surface area (Å²) in [6, 6.07) is 11.0. The Morgan fingerprint density at radius 2 is 1.90 bits per heavy atom. The number of aromatic nitrogens is 5. The molecule has 0 atom stereocenters. The lowest BCUT2D eigenvalue weighted by Gasteiger charge is -2.03. The summed E-state index contributed by atoms with van der Waals surface area (Å²) in [5.41, 5.74) is 3.52. The molecule has 0 spiro atoms. The van der Waals surface area contributed by atoms with Crippen LogP contribution in [0.2, 0.25) is 5.02 Å². The number of anilines is 1. The highest BCUT2D eigenvalue weighted by molar-refractivity contribution is 6.30. The summed E-state index contributed by atoms with van der Waals surface area (Å²) in [5.74, 6) is 1.39. The molecular weight excluding hydrogens is 404 g/mol. The van der Waals surface area contributed by atoms with Gasteiger partial charge in [0.15, 0.2) is 5.82 Å². The van der Waals surface area contributed by atoms with Crippen molar-refractivity contribution >= 4 is 23.3 Å². The summed E-state index contributed by atoms with van der Waals surface area (Å²) in [7, 11) is 0. The molecule has 3 aromatic heterocycles. The number of halogens is 1. The zero-order chi connectivity index (χ0) is 20.9. The number of benzene rings is 1. The van der Waals surface area contributed by atoms with Crippen molar-refractivity contribution in [2.75, 3.05) is 5.32 Å². The first kappa shape index (κ1) is 19.8. The van der Waals surface area contributed by atoms with Crippen LogP contribution < -0.4 is 5.32 Å². The van der Waals surface area contributed by atoms with Gasteiger partial charge < -0.3 is 9.84 Å². The molecule has 3 heterocycles. The largest absolute Gasteiger partial charge is 0.339 e. The highest BCUT2D eigenvalue weighted by atomic mass is 35.5. The van der Waals surface area contributed by atoms with Crippen molar-refractivity contribution in [2.24, 2.45) is 0 Å². The van der Waals surface area contributed by atoms with Crippen LogP contribution in [0.4, 0.5) is 5.82 Å². The minimum absolute atomic E-state index is 0.122. The fourth-order valence-electron chi connectivity index (χ4n) is 2.99. The normalized spacial score (nSPS) is 10.9. The van der Waals surface area contributed by atoms with Gasteiger partial charge in [-0.05, 0) is 49.7 Å². The van der Waals surface area contributed by atoms with Crippen molar-refractivity contribution in [3.63, 3.8) is 0 Å². The molecule has 0 aliphatic rings. The zero-order valence-electron chi connectivity index (χ0n) is 16.2. The predicted molar refractivity (Wildman–Crippen MR) is 113 cm³/mol. The van der Waals surface area contributed by atoms with E-state index >= 15 is 0 Å². The molecule has 8 nitrogen and oxygen atoms in total. The van der Waals surface area contributed by atoms with Crippen LogP contribution in [-0.4, -0.2) is 31.2 Å². The van der Waals surface area contributed by atoms with Crippen LogP contribution in [0.1, 0.15) is 24.3 Å². The van der Waals surface area contributed by atoms with Crippen LogP contribution in [0.25, 0.3) is 22.6 Å². The SMILES string of the molecule is Cc1c(NC(=O)CCCc2nc(-c3ccc(Cl)cc3)no2)n[nH]c1-c1ccncc1. The number of rotatable bonds is 7. The molecular formula is C21H19ClN6O2. The summed E-state index contributed by atoms with van der Waals surface area (Å²) in [6.45, 7) is 1.91. The van der Waals surface area contributed by atoms with Gasteiger partial charge in [0.2, 0.25) is 17.6 Å². The molecule has 152 valence electrons. The number of aryl methyl sites for hydroxylation is 1. The van der Waals surface area contributed by atoms with Gasteiger partial charge in [-0.2, -0.15) is 10.1 Å². The number of carbonyl (C=O) groups is 1. The Bertz CT molecular complexity index is 1140. The predicted octanol–water partition coefficient (Wildman–Crippen LogP) is 4.44. The van der Waals surface area contributed by atoms with E-state index in [4.69, 9.17) is 16.1 Å². The first-order valence-corrected chi connectivity index (χ1v) is 9.81. The van der Waals surface area contributed by atoms with Gasteiger partial charge in [-0.25, -0.2) is 0 Å². The molecule has 0 unspecified atom stereocenters. The lowest BCUT2D eigenvalue weighted by Crippen LogP contribution is -2.12. The third kappa shape index (κ3) is 4.55. The second kappa shape index (κ2) is 8.87. The molecule has 9 heteroatoms. The van der Waals surface area contributed by atoms with E-state index in [1.54, 1.807) is 24.5 Å². The van der Waals surface area contributed by atoms with E-state index in [0.717, 1.165) is 22.4 Å². The van der Waals surface area contributed by atoms with E-state index in [-0.39, 0.29) is 5.91 Å². The summed E-state index contributed by atoms with van der Waals surface area (Å²) >= 11 is 5.89. The third-order valence-electron chi connectivity index (χ3n) is 4.60. The molecule has 0 radical (unpaired) electrons. The lowest BCUT2D eigenvalue weighted by molar-refractivity contribution is -0.116. The van der Waals surface area contributed by atoms with Gasteiger partial charge in [-0.1, -0.05) is 16.8 Å². The van der Waals surface area contributed by atoms with Crippen LogP contribution in [0.5, 0.6) is 0 Å². The molecule has 2 N–H and O–H groups in total. The first-order valence-electron chi connectivity index (χ1n) is 9.44. The van der Waals surface area contributed by atoms with Crippen LogP contribution in [-0.2, 0) is 11.2 Å². The maximum atomic E-state index is 12.3. The molecule has 4 aromatic rings. The topological polar surface area (TPSA) is 110 Å². The lowest BCUT2D eigenvalue weighted by atomic mass is 10.1. The van der Waals surface area contributed by atoms with E-state index in [9.17, 15) is 4.79 Å². The second-order valence-electron chi connectivity index (χ2n) is 6.73. The van der Waals surface area contributed by atoms with Gasteiger partial charge in [-0.3, -0.25) is 14.9 Å². The van der Waals surface area contributed by atoms with Gasteiger partial charge >= 0.3 is 0 Å². The van der Waals surface area contributed by atoms with Gasteiger partial charge in [0, 0.05) is 46.9 Å². The Morgan fingerprint density at radius 1 is 1.13 bits per heavy atom. The fraction of sp³-hybridized carbons (Fsp3) is 0.190. The molecule has 0 saturated carbocycles. The maximum Gasteiger partial charge on any atom is 0.226 e. The summed E-state index contributed by atoms with van der Waals surface area (Å²) in [6.07, 6.45) is 4.83. The Hall–Kier alpha value is -3.52. The van der Waals surface area contributed by atoms with Gasteiger partial charge in [0.1, 0.15) is 0 Å². The molecule has 0 aliphatic heterocycles. The van der Waals surface area contributed by atoms with Gasteiger partial charge in [-0.15, -0.1) is 0 Å². The van der Waals surface area contributed by atoms with Crippen molar-refractivity contribution in [3.05, 3.63) is 65.3 Å². The number of aromatic amines is 1. The Morgan fingerprint density at radius 3 is 2.67 bits per heavy atom. The number of H-pyrrole nitrogens is 1. The molecule has 0 bridgehead atoms. The zero-order valence-corrected chi connectivity index (χ0v) is 17.0. The van der Waals surface area contributed by atoms with Crippen molar-refractivity contribution in [3.8, 4) is 22.6 Å². The molecule has 1 amide bonds. The number of nitrogens with zero attached hydrogens (tertiary/aromatic N) is 4.